The first-order valence-corrected chi connectivity index (χ1v) is 27.0. The molecule has 2 aliphatic heterocycles. The Morgan fingerprint density at radius 2 is 1.43 bits per heavy atom. The molecule has 17 nitrogen and oxygen atoms in total. The Hall–Kier alpha value is -5.06. The molecule has 0 saturated carbocycles. The Labute approximate surface area is 397 Å². The lowest BCUT2D eigenvalue weighted by molar-refractivity contribution is -0.438. The quantitative estimate of drug-likeness (QED) is 0.0391. The lowest BCUT2D eigenvalue weighted by Crippen LogP contribution is -2.32. The number of carbonyl (C=O) groups is 2. The summed E-state index contributed by atoms with van der Waals surface area (Å²) in [5, 5.41) is 14.9. The minimum absolute atomic E-state index is 0.00394. The molecule has 0 fully saturated rings. The Bertz CT molecular complexity index is 3020. The predicted molar refractivity (Wildman–Crippen MR) is 258 cm³/mol. The SMILES string of the molecule is COCCNC(=O)c1ccc2c3c(ccc2c1)N(CCOC)C(=CC=CC1=[N+](CCCCCC(=O)O)c2ccc4cc(S(=O)(=O)[OH2+])ccc4c2C1(C)CCCS(=O)(=O)[O-])C3(C)CCCS(=O)(=O)[O-]. The van der Waals surface area contributed by atoms with E-state index in [1.165, 1.54) is 12.1 Å². The van der Waals surface area contributed by atoms with E-state index in [-0.39, 0.29) is 42.9 Å². The maximum absolute atomic E-state index is 13.1. The van der Waals surface area contributed by atoms with Crippen LogP contribution in [0.25, 0.3) is 21.5 Å². The van der Waals surface area contributed by atoms with E-state index in [0.29, 0.717) is 68.4 Å². The Kier molecular flexibility index (Phi) is 16.4. The minimum atomic E-state index is -4.60. The number of amides is 1. The second kappa shape index (κ2) is 21.3. The molecule has 2 heterocycles. The van der Waals surface area contributed by atoms with Gasteiger partial charge in [-0.15, -0.1) is 8.42 Å². The Balaban J connectivity index is 1.54. The molecule has 4 N–H and O–H groups in total. The van der Waals surface area contributed by atoms with Crippen molar-refractivity contribution in [1.29, 1.82) is 0 Å². The molecule has 1 amide bonds. The van der Waals surface area contributed by atoms with Gasteiger partial charge in [-0.05, 0) is 122 Å². The molecule has 4 aromatic rings. The number of anilines is 1. The summed E-state index contributed by atoms with van der Waals surface area (Å²) in [5.41, 5.74) is 3.29. The summed E-state index contributed by atoms with van der Waals surface area (Å²) in [5.74, 6) is -2.40. The maximum Gasteiger partial charge on any atom is 0.409 e. The van der Waals surface area contributed by atoms with E-state index in [9.17, 15) is 49.1 Å². The number of allylic oxidation sites excluding steroid dienone is 4. The highest BCUT2D eigenvalue weighted by Crippen LogP contribution is 2.54. The summed E-state index contributed by atoms with van der Waals surface area (Å²) in [6.45, 7) is 5.72. The number of carboxylic acids is 1. The summed E-state index contributed by atoms with van der Waals surface area (Å²) < 4.78 is 117. The van der Waals surface area contributed by atoms with Gasteiger partial charge in [0.2, 0.25) is 5.69 Å². The highest BCUT2D eigenvalue weighted by molar-refractivity contribution is 7.86. The van der Waals surface area contributed by atoms with Gasteiger partial charge in [0, 0.05) is 91.7 Å². The first-order valence-electron chi connectivity index (χ1n) is 22.3. The van der Waals surface area contributed by atoms with E-state index in [0.717, 1.165) is 44.7 Å². The summed E-state index contributed by atoms with van der Waals surface area (Å²) in [6.07, 6.45) is 7.77. The summed E-state index contributed by atoms with van der Waals surface area (Å²) in [4.78, 5) is 26.3. The topological polar surface area (TPSA) is 263 Å². The van der Waals surface area contributed by atoms with Gasteiger partial charge in [0.15, 0.2) is 5.71 Å². The monoisotopic (exact) mass is 997 g/mol. The zero-order valence-corrected chi connectivity index (χ0v) is 41.0. The average Bonchev–Trinajstić information content (AvgIpc) is 3.64. The van der Waals surface area contributed by atoms with E-state index in [4.69, 9.17) is 14.0 Å². The van der Waals surface area contributed by atoms with Crippen molar-refractivity contribution in [3.63, 3.8) is 0 Å². The van der Waals surface area contributed by atoms with Crippen LogP contribution in [0.3, 0.4) is 0 Å². The van der Waals surface area contributed by atoms with Crippen LogP contribution in [0.4, 0.5) is 11.4 Å². The lowest BCUT2D eigenvalue weighted by Gasteiger charge is -2.31. The second-order valence-corrected chi connectivity index (χ2v) is 22.2. The molecule has 2 unspecified atom stereocenters. The lowest BCUT2D eigenvalue weighted by atomic mass is 9.74. The number of aliphatic carboxylic acids is 1. The minimum Gasteiger partial charge on any atom is -0.748 e. The Morgan fingerprint density at radius 3 is 2.07 bits per heavy atom. The van der Waals surface area contributed by atoms with Gasteiger partial charge in [-0.25, -0.2) is 16.8 Å². The Morgan fingerprint density at radius 1 is 0.794 bits per heavy atom. The fourth-order valence-electron chi connectivity index (χ4n) is 9.89. The van der Waals surface area contributed by atoms with E-state index in [2.05, 4.69) is 14.8 Å². The van der Waals surface area contributed by atoms with Gasteiger partial charge in [-0.1, -0.05) is 24.3 Å². The summed E-state index contributed by atoms with van der Waals surface area (Å²) >= 11 is 0. The van der Waals surface area contributed by atoms with Gasteiger partial charge < -0.3 is 38.5 Å². The number of hydrogen-bond acceptors (Lipinski definition) is 13. The third-order valence-electron chi connectivity index (χ3n) is 13.0. The molecule has 6 rings (SSSR count). The van der Waals surface area contributed by atoms with Crippen LogP contribution in [0.15, 0.2) is 89.5 Å². The van der Waals surface area contributed by atoms with Crippen molar-refractivity contribution in [3.05, 3.63) is 101 Å². The van der Waals surface area contributed by atoms with Crippen molar-refractivity contribution in [2.45, 2.75) is 80.9 Å². The molecule has 0 spiro atoms. The number of nitrogens with one attached hydrogen (secondary N) is 1. The number of unbranched alkanes of at least 4 members (excludes halogenated alkanes) is 2. The second-order valence-electron chi connectivity index (χ2n) is 17.7. The van der Waals surface area contributed by atoms with Gasteiger partial charge in [-0.3, -0.25) is 9.59 Å². The number of benzene rings is 4. The fourth-order valence-corrected chi connectivity index (χ4v) is 11.4. The average molecular weight is 998 g/mol. The normalized spacial score (nSPS) is 19.2. The van der Waals surface area contributed by atoms with Crippen molar-refractivity contribution < 1.29 is 67.7 Å². The third kappa shape index (κ3) is 11.8. The van der Waals surface area contributed by atoms with Crippen LogP contribution in [-0.2, 0) is 55.5 Å². The number of carbonyl (C=O) groups excluding carboxylic acids is 1. The van der Waals surface area contributed by atoms with E-state index in [1.54, 1.807) is 38.5 Å². The molecule has 0 radical (unpaired) electrons. The van der Waals surface area contributed by atoms with Gasteiger partial charge >= 0.3 is 16.1 Å². The predicted octanol–water partition coefficient (Wildman–Crippen LogP) is 5.30. The smallest absolute Gasteiger partial charge is 0.409 e. The van der Waals surface area contributed by atoms with E-state index < -0.39 is 58.7 Å². The zero-order chi connectivity index (χ0) is 49.7. The van der Waals surface area contributed by atoms with Gasteiger partial charge in [0.1, 0.15) is 11.4 Å². The molecule has 20 heteroatoms. The van der Waals surface area contributed by atoms with E-state index >= 15 is 0 Å². The van der Waals surface area contributed by atoms with Gasteiger partial charge in [0.05, 0.1) is 38.9 Å². The van der Waals surface area contributed by atoms with Crippen LogP contribution in [0.1, 0.15) is 86.7 Å². The number of methoxy groups -OCH3 is 2. The molecule has 2 aliphatic rings. The molecule has 68 heavy (non-hydrogen) atoms. The number of hydrogen-bond donors (Lipinski definition) is 2. The van der Waals surface area contributed by atoms with Crippen LogP contribution >= 0.6 is 0 Å². The number of rotatable bonds is 24. The van der Waals surface area contributed by atoms with E-state index in [1.807, 2.05) is 56.3 Å². The van der Waals surface area contributed by atoms with Crippen molar-refractivity contribution >= 4 is 80.9 Å². The van der Waals surface area contributed by atoms with Gasteiger partial charge in [-0.2, -0.15) is 4.58 Å². The number of ether oxygens (including phenoxy) is 2. The number of nitrogens with zero attached hydrogens (tertiary/aromatic N) is 2. The number of carboxylic acid groups (broad SMARTS) is 1. The van der Waals surface area contributed by atoms with Crippen LogP contribution in [0.5, 0.6) is 0 Å². The highest BCUT2D eigenvalue weighted by atomic mass is 32.2. The first kappa shape index (κ1) is 52.3. The molecule has 0 saturated heterocycles. The zero-order valence-electron chi connectivity index (χ0n) is 38.6. The van der Waals surface area contributed by atoms with Crippen molar-refractivity contribution in [1.82, 2.24) is 5.32 Å². The van der Waals surface area contributed by atoms with Crippen molar-refractivity contribution in [2.24, 2.45) is 0 Å². The largest absolute Gasteiger partial charge is 0.748 e. The number of fused-ring (bicyclic) bond motifs is 6. The fraction of sp³-hybridized carbons (Fsp3) is 0.438. The summed E-state index contributed by atoms with van der Waals surface area (Å²) in [7, 11) is -10.4. The molecule has 4 aromatic carbocycles. The van der Waals surface area contributed by atoms with Gasteiger partial charge in [0.25, 0.3) is 5.91 Å². The summed E-state index contributed by atoms with van der Waals surface area (Å²) in [6, 6.07) is 17.3. The van der Waals surface area contributed by atoms with Crippen LogP contribution in [-0.4, -0.2) is 125 Å². The van der Waals surface area contributed by atoms with Crippen molar-refractivity contribution in [3.8, 4) is 0 Å². The molecule has 0 bridgehead atoms. The molecule has 2 atom stereocenters. The third-order valence-corrected chi connectivity index (χ3v) is 15.4. The molecule has 0 aromatic heterocycles. The molecular formula is C48H59N3O14S3. The standard InChI is InChI=1S/C48H59N3O14S3/c1-47(22-9-29-66(55,56)57)41(50(25-7-5-6-13-43(52)53)39-21-16-34-32-36(68(61,62)63)17-19-38(34)45(39)47)11-8-12-42-48(2,23-10-30-67(58,59)60)44-37-18-14-35(46(54)49-24-27-64-3)31-33(37)15-20-40(44)51(42)26-28-65-4/h8,11-12,14-21,31-32H,5-7,9-10,13,22-30H2,1-4H3,(H4-,49,52,53,54,55,56,57,58,59,60,61,62,63). The maximum atomic E-state index is 13.1. The molecular weight excluding hydrogens is 939 g/mol. The molecule has 368 valence electrons. The molecule has 0 aliphatic carbocycles. The van der Waals surface area contributed by atoms with Crippen LogP contribution in [0.2, 0.25) is 0 Å². The van der Waals surface area contributed by atoms with Crippen molar-refractivity contribution in [2.75, 3.05) is 63.5 Å². The van der Waals surface area contributed by atoms with Crippen LogP contribution < -0.4 is 10.2 Å². The van der Waals surface area contributed by atoms with Crippen LogP contribution in [0, 0.1) is 0 Å². The first-order chi connectivity index (χ1) is 32.0. The highest BCUT2D eigenvalue weighted by Gasteiger charge is 2.49.